The molecule has 2 N–H and O–H groups in total. The van der Waals surface area contributed by atoms with Gasteiger partial charge < -0.3 is 10.6 Å². The molecule has 0 spiro atoms. The summed E-state index contributed by atoms with van der Waals surface area (Å²) < 4.78 is 0. The third kappa shape index (κ3) is 3.25. The van der Waals surface area contributed by atoms with E-state index in [1.54, 1.807) is 0 Å². The number of rotatable bonds is 4. The normalized spacial score (nSPS) is 14.7. The SMILES string of the molecule is Cc1cccc(C(C)C)c1NC(=O)NCC1CC1. The fourth-order valence-electron chi connectivity index (χ4n) is 2.06. The van der Waals surface area contributed by atoms with Crippen molar-refractivity contribution in [1.82, 2.24) is 5.32 Å². The van der Waals surface area contributed by atoms with E-state index in [2.05, 4.69) is 30.5 Å². The maximum atomic E-state index is 11.8. The van der Waals surface area contributed by atoms with E-state index in [0.717, 1.165) is 17.8 Å². The maximum absolute atomic E-state index is 11.8. The number of para-hydroxylation sites is 1. The Hall–Kier alpha value is -1.51. The molecule has 1 aromatic carbocycles. The van der Waals surface area contributed by atoms with Gasteiger partial charge in [-0.05, 0) is 42.7 Å². The van der Waals surface area contributed by atoms with Crippen molar-refractivity contribution >= 4 is 11.7 Å². The van der Waals surface area contributed by atoms with Crippen LogP contribution in [-0.4, -0.2) is 12.6 Å². The van der Waals surface area contributed by atoms with Crippen LogP contribution in [0.2, 0.25) is 0 Å². The first-order valence-electron chi connectivity index (χ1n) is 6.72. The molecule has 0 atom stereocenters. The average Bonchev–Trinajstić information content (AvgIpc) is 3.12. The van der Waals surface area contributed by atoms with Crippen LogP contribution < -0.4 is 10.6 Å². The molecule has 1 aliphatic carbocycles. The Balaban J connectivity index is 2.04. The van der Waals surface area contributed by atoms with Gasteiger partial charge in [0.05, 0.1) is 0 Å². The van der Waals surface area contributed by atoms with E-state index in [0.29, 0.717) is 11.8 Å². The molecule has 0 saturated heterocycles. The van der Waals surface area contributed by atoms with Gasteiger partial charge >= 0.3 is 6.03 Å². The lowest BCUT2D eigenvalue weighted by Crippen LogP contribution is -2.31. The summed E-state index contributed by atoms with van der Waals surface area (Å²) in [4.78, 5) is 11.8. The van der Waals surface area contributed by atoms with Gasteiger partial charge in [0, 0.05) is 12.2 Å². The molecule has 0 aliphatic heterocycles. The number of amides is 2. The van der Waals surface area contributed by atoms with Gasteiger partial charge in [-0.15, -0.1) is 0 Å². The predicted molar refractivity (Wildman–Crippen MR) is 75.0 cm³/mol. The Labute approximate surface area is 109 Å². The van der Waals surface area contributed by atoms with Gasteiger partial charge in [0.1, 0.15) is 0 Å². The number of benzene rings is 1. The zero-order chi connectivity index (χ0) is 13.1. The van der Waals surface area contributed by atoms with E-state index in [1.165, 1.54) is 18.4 Å². The number of urea groups is 1. The van der Waals surface area contributed by atoms with Crippen LogP contribution in [0.15, 0.2) is 18.2 Å². The zero-order valence-corrected chi connectivity index (χ0v) is 11.4. The second-order valence-corrected chi connectivity index (χ2v) is 5.47. The summed E-state index contributed by atoms with van der Waals surface area (Å²) >= 11 is 0. The molecule has 1 aromatic rings. The Kier molecular flexibility index (Phi) is 3.90. The van der Waals surface area contributed by atoms with Crippen LogP contribution >= 0.6 is 0 Å². The monoisotopic (exact) mass is 246 g/mol. The molecule has 1 saturated carbocycles. The molecule has 2 amide bonds. The van der Waals surface area contributed by atoms with Crippen molar-refractivity contribution in [3.63, 3.8) is 0 Å². The summed E-state index contributed by atoms with van der Waals surface area (Å²) in [7, 11) is 0. The largest absolute Gasteiger partial charge is 0.338 e. The van der Waals surface area contributed by atoms with Gasteiger partial charge in [-0.25, -0.2) is 4.79 Å². The van der Waals surface area contributed by atoms with Crippen LogP contribution in [0.1, 0.15) is 43.7 Å². The number of carbonyl (C=O) groups excluding carboxylic acids is 1. The zero-order valence-electron chi connectivity index (χ0n) is 11.4. The molecule has 3 heteroatoms. The molecule has 2 rings (SSSR count). The number of hydrogen-bond acceptors (Lipinski definition) is 1. The highest BCUT2D eigenvalue weighted by atomic mass is 16.2. The molecule has 0 radical (unpaired) electrons. The molecular weight excluding hydrogens is 224 g/mol. The summed E-state index contributed by atoms with van der Waals surface area (Å²) in [6.45, 7) is 7.11. The summed E-state index contributed by atoms with van der Waals surface area (Å²) in [6, 6.07) is 6.06. The van der Waals surface area contributed by atoms with Gasteiger partial charge in [0.15, 0.2) is 0 Å². The predicted octanol–water partition coefficient (Wildman–Crippen LogP) is 3.65. The highest BCUT2D eigenvalue weighted by molar-refractivity contribution is 5.91. The van der Waals surface area contributed by atoms with Gasteiger partial charge in [-0.2, -0.15) is 0 Å². The number of aryl methyl sites for hydroxylation is 1. The molecule has 1 aliphatic rings. The smallest absolute Gasteiger partial charge is 0.319 e. The fraction of sp³-hybridized carbons (Fsp3) is 0.533. The number of hydrogen-bond donors (Lipinski definition) is 2. The molecule has 0 heterocycles. The first-order valence-corrected chi connectivity index (χ1v) is 6.72. The van der Waals surface area contributed by atoms with Gasteiger partial charge in [0.25, 0.3) is 0 Å². The molecule has 18 heavy (non-hydrogen) atoms. The minimum absolute atomic E-state index is 0.0851. The van der Waals surface area contributed by atoms with Crippen molar-refractivity contribution in [3.05, 3.63) is 29.3 Å². The average molecular weight is 246 g/mol. The van der Waals surface area contributed by atoms with Gasteiger partial charge in [-0.1, -0.05) is 32.0 Å². The minimum atomic E-state index is -0.0851. The van der Waals surface area contributed by atoms with E-state index in [4.69, 9.17) is 0 Å². The number of carbonyl (C=O) groups is 1. The van der Waals surface area contributed by atoms with Gasteiger partial charge in [0.2, 0.25) is 0 Å². The van der Waals surface area contributed by atoms with Crippen molar-refractivity contribution in [2.75, 3.05) is 11.9 Å². The Morgan fingerprint density at radius 2 is 2.11 bits per heavy atom. The quantitative estimate of drug-likeness (QED) is 0.836. The molecule has 0 bridgehead atoms. The Morgan fingerprint density at radius 3 is 2.72 bits per heavy atom. The highest BCUT2D eigenvalue weighted by Crippen LogP contribution is 2.28. The standard InChI is InChI=1S/C15H22N2O/c1-10(2)13-6-4-5-11(3)14(13)17-15(18)16-9-12-7-8-12/h4-6,10,12H,7-9H2,1-3H3,(H2,16,17,18). The van der Waals surface area contributed by atoms with Crippen molar-refractivity contribution < 1.29 is 4.79 Å². The van der Waals surface area contributed by atoms with E-state index < -0.39 is 0 Å². The van der Waals surface area contributed by atoms with Crippen molar-refractivity contribution in [1.29, 1.82) is 0 Å². The minimum Gasteiger partial charge on any atom is -0.338 e. The second-order valence-electron chi connectivity index (χ2n) is 5.47. The van der Waals surface area contributed by atoms with E-state index in [-0.39, 0.29) is 6.03 Å². The van der Waals surface area contributed by atoms with Crippen molar-refractivity contribution in [3.8, 4) is 0 Å². The second kappa shape index (κ2) is 5.42. The fourth-order valence-corrected chi connectivity index (χ4v) is 2.06. The lowest BCUT2D eigenvalue weighted by atomic mass is 9.98. The Bertz CT molecular complexity index is 436. The van der Waals surface area contributed by atoms with E-state index in [1.807, 2.05) is 19.1 Å². The number of nitrogens with one attached hydrogen (secondary N) is 2. The molecular formula is C15H22N2O. The van der Waals surface area contributed by atoms with Crippen LogP contribution in [0.25, 0.3) is 0 Å². The molecule has 3 nitrogen and oxygen atoms in total. The summed E-state index contributed by atoms with van der Waals surface area (Å²) in [5.74, 6) is 1.11. The summed E-state index contributed by atoms with van der Waals surface area (Å²) in [5.41, 5.74) is 3.26. The number of anilines is 1. The van der Waals surface area contributed by atoms with Crippen LogP contribution in [0.3, 0.4) is 0 Å². The lowest BCUT2D eigenvalue weighted by molar-refractivity contribution is 0.251. The molecule has 98 valence electrons. The maximum Gasteiger partial charge on any atom is 0.319 e. The Morgan fingerprint density at radius 1 is 1.39 bits per heavy atom. The van der Waals surface area contributed by atoms with Crippen LogP contribution in [-0.2, 0) is 0 Å². The van der Waals surface area contributed by atoms with Crippen LogP contribution in [0.4, 0.5) is 10.5 Å². The molecule has 0 aromatic heterocycles. The third-order valence-electron chi connectivity index (χ3n) is 3.41. The lowest BCUT2D eigenvalue weighted by Gasteiger charge is -2.16. The third-order valence-corrected chi connectivity index (χ3v) is 3.41. The molecule has 0 unspecified atom stereocenters. The highest BCUT2D eigenvalue weighted by Gasteiger charge is 2.21. The van der Waals surface area contributed by atoms with E-state index in [9.17, 15) is 4.79 Å². The molecule has 1 fully saturated rings. The van der Waals surface area contributed by atoms with E-state index >= 15 is 0 Å². The first kappa shape index (κ1) is 12.9. The van der Waals surface area contributed by atoms with Gasteiger partial charge in [-0.3, -0.25) is 0 Å². The summed E-state index contributed by atoms with van der Waals surface area (Å²) in [5, 5.41) is 5.93. The topological polar surface area (TPSA) is 41.1 Å². The van der Waals surface area contributed by atoms with Crippen molar-refractivity contribution in [2.24, 2.45) is 5.92 Å². The first-order chi connectivity index (χ1) is 8.58. The summed E-state index contributed by atoms with van der Waals surface area (Å²) in [6.07, 6.45) is 2.50. The van der Waals surface area contributed by atoms with Crippen LogP contribution in [0.5, 0.6) is 0 Å². The van der Waals surface area contributed by atoms with Crippen molar-refractivity contribution in [2.45, 2.75) is 39.5 Å². The van der Waals surface area contributed by atoms with Crippen LogP contribution in [0, 0.1) is 12.8 Å².